The van der Waals surface area contributed by atoms with Crippen molar-refractivity contribution >= 4 is 21.7 Å². The first kappa shape index (κ1) is 14.8. The molecule has 2 atom stereocenters. The molecule has 1 saturated carbocycles. The number of ether oxygens (including phenoxy) is 1. The summed E-state index contributed by atoms with van der Waals surface area (Å²) in [6.45, 7) is 0. The summed E-state index contributed by atoms with van der Waals surface area (Å²) in [5, 5.41) is 2.82. The van der Waals surface area contributed by atoms with Gasteiger partial charge in [0.1, 0.15) is 5.60 Å². The van der Waals surface area contributed by atoms with Gasteiger partial charge in [-0.2, -0.15) is 0 Å². The third-order valence-electron chi connectivity index (χ3n) is 4.92. The molecule has 2 aliphatic heterocycles. The Bertz CT molecular complexity index is 550. The summed E-state index contributed by atoms with van der Waals surface area (Å²) in [6.07, 6.45) is 5.09. The predicted molar refractivity (Wildman–Crippen MR) is 75.2 cm³/mol. The van der Waals surface area contributed by atoms with E-state index in [1.165, 1.54) is 0 Å². The minimum Gasteiger partial charge on any atom is -0.458 e. The number of carbonyl (C=O) groups excluding carboxylic acids is 2. The van der Waals surface area contributed by atoms with Crippen molar-refractivity contribution in [3.05, 3.63) is 0 Å². The number of amides is 1. The molecule has 1 spiro atoms. The van der Waals surface area contributed by atoms with Crippen molar-refractivity contribution in [1.29, 1.82) is 0 Å². The summed E-state index contributed by atoms with van der Waals surface area (Å²) in [5.74, 6) is -0.856. The van der Waals surface area contributed by atoms with Gasteiger partial charge in [-0.3, -0.25) is 9.59 Å². The fourth-order valence-corrected chi connectivity index (χ4v) is 5.51. The van der Waals surface area contributed by atoms with Gasteiger partial charge in [0.05, 0.1) is 23.8 Å². The Labute approximate surface area is 124 Å². The number of sulfone groups is 1. The molecule has 2 saturated heterocycles. The zero-order valence-corrected chi connectivity index (χ0v) is 12.8. The minimum absolute atomic E-state index is 0.00721. The predicted octanol–water partition coefficient (Wildman–Crippen LogP) is 0.556. The summed E-state index contributed by atoms with van der Waals surface area (Å²) in [4.78, 5) is 24.2. The average Bonchev–Trinajstić information content (AvgIpc) is 2.91. The Kier molecular flexibility index (Phi) is 3.71. The second-order valence-electron chi connectivity index (χ2n) is 6.46. The van der Waals surface area contributed by atoms with Crippen LogP contribution in [0, 0.1) is 5.92 Å². The normalized spacial score (nSPS) is 33.8. The molecule has 1 N–H and O–H groups in total. The van der Waals surface area contributed by atoms with Crippen molar-refractivity contribution < 1.29 is 22.7 Å². The van der Waals surface area contributed by atoms with Gasteiger partial charge in [0.25, 0.3) is 0 Å². The molecule has 7 heteroatoms. The topological polar surface area (TPSA) is 89.5 Å². The van der Waals surface area contributed by atoms with Crippen molar-refractivity contribution in [2.75, 3.05) is 11.5 Å². The molecule has 0 radical (unpaired) electrons. The second-order valence-corrected chi connectivity index (χ2v) is 8.69. The van der Waals surface area contributed by atoms with E-state index in [0.717, 1.165) is 32.1 Å². The van der Waals surface area contributed by atoms with Gasteiger partial charge in [-0.05, 0) is 32.1 Å². The van der Waals surface area contributed by atoms with Crippen molar-refractivity contribution in [3.63, 3.8) is 0 Å². The van der Waals surface area contributed by atoms with Gasteiger partial charge >= 0.3 is 5.97 Å². The fraction of sp³-hybridized carbons (Fsp3) is 0.857. The average molecular weight is 315 g/mol. The van der Waals surface area contributed by atoms with E-state index in [9.17, 15) is 18.0 Å². The first-order chi connectivity index (χ1) is 9.90. The number of esters is 1. The molecule has 1 amide bonds. The Morgan fingerprint density at radius 3 is 2.57 bits per heavy atom. The molecular weight excluding hydrogens is 294 g/mol. The van der Waals surface area contributed by atoms with Gasteiger partial charge < -0.3 is 10.1 Å². The zero-order chi connectivity index (χ0) is 15.1. The van der Waals surface area contributed by atoms with Crippen LogP contribution in [0.5, 0.6) is 0 Å². The number of carbonyl (C=O) groups is 2. The number of nitrogens with one attached hydrogen (secondary N) is 1. The van der Waals surface area contributed by atoms with Crippen molar-refractivity contribution in [3.8, 4) is 0 Å². The van der Waals surface area contributed by atoms with E-state index in [1.54, 1.807) is 0 Å². The first-order valence-electron chi connectivity index (χ1n) is 7.63. The van der Waals surface area contributed by atoms with Gasteiger partial charge in [-0.15, -0.1) is 0 Å². The smallest absolute Gasteiger partial charge is 0.307 e. The number of hydrogen-bond acceptors (Lipinski definition) is 5. The summed E-state index contributed by atoms with van der Waals surface area (Å²) >= 11 is 0. The van der Waals surface area contributed by atoms with Crippen LogP contribution in [-0.4, -0.2) is 43.4 Å². The first-order valence-corrected chi connectivity index (χ1v) is 9.45. The largest absolute Gasteiger partial charge is 0.458 e. The molecule has 21 heavy (non-hydrogen) atoms. The van der Waals surface area contributed by atoms with Crippen LogP contribution in [0.3, 0.4) is 0 Å². The molecule has 0 unspecified atom stereocenters. The van der Waals surface area contributed by atoms with E-state index >= 15 is 0 Å². The Morgan fingerprint density at radius 2 is 1.95 bits per heavy atom. The quantitative estimate of drug-likeness (QED) is 0.752. The van der Waals surface area contributed by atoms with Gasteiger partial charge in [0.15, 0.2) is 9.84 Å². The molecule has 118 valence electrons. The molecule has 3 aliphatic rings. The SMILES string of the molecule is O=C1C[C@H](C(=O)N[C@@H]2CCS(=O)(=O)C2)C2(CCCCC2)O1. The zero-order valence-electron chi connectivity index (χ0n) is 12.0. The van der Waals surface area contributed by atoms with Gasteiger partial charge in [-0.1, -0.05) is 6.42 Å². The lowest BCUT2D eigenvalue weighted by molar-refractivity contribution is -0.153. The van der Waals surface area contributed by atoms with Gasteiger partial charge in [0, 0.05) is 6.04 Å². The minimum atomic E-state index is -3.02. The molecule has 0 aromatic carbocycles. The maximum absolute atomic E-state index is 12.5. The summed E-state index contributed by atoms with van der Waals surface area (Å²) in [6, 6.07) is -0.321. The molecule has 0 aromatic rings. The van der Waals surface area contributed by atoms with Crippen LogP contribution in [0.4, 0.5) is 0 Å². The van der Waals surface area contributed by atoms with Crippen LogP contribution in [0.15, 0.2) is 0 Å². The lowest BCUT2D eigenvalue weighted by atomic mass is 9.75. The number of hydrogen-bond donors (Lipinski definition) is 1. The molecule has 0 aromatic heterocycles. The van der Waals surface area contributed by atoms with Crippen molar-refractivity contribution in [1.82, 2.24) is 5.32 Å². The van der Waals surface area contributed by atoms with E-state index in [0.29, 0.717) is 6.42 Å². The van der Waals surface area contributed by atoms with Crippen LogP contribution in [0.25, 0.3) is 0 Å². The molecule has 2 heterocycles. The maximum Gasteiger partial charge on any atom is 0.307 e. The molecule has 1 aliphatic carbocycles. The Balaban J connectivity index is 1.69. The van der Waals surface area contributed by atoms with Crippen LogP contribution in [0.2, 0.25) is 0 Å². The third-order valence-corrected chi connectivity index (χ3v) is 6.69. The van der Waals surface area contributed by atoms with E-state index in [-0.39, 0.29) is 35.8 Å². The highest BCUT2D eigenvalue weighted by Crippen LogP contribution is 2.44. The molecule has 6 nitrogen and oxygen atoms in total. The second kappa shape index (κ2) is 5.26. The van der Waals surface area contributed by atoms with Crippen LogP contribution in [-0.2, 0) is 24.2 Å². The van der Waals surface area contributed by atoms with Crippen LogP contribution < -0.4 is 5.32 Å². The molecule has 3 rings (SSSR count). The fourth-order valence-electron chi connectivity index (χ4n) is 3.84. The van der Waals surface area contributed by atoms with E-state index in [1.807, 2.05) is 0 Å². The Hall–Kier alpha value is -1.11. The monoisotopic (exact) mass is 315 g/mol. The standard InChI is InChI=1S/C14H21NO5S/c16-12-8-11(14(20-12)5-2-1-3-6-14)13(17)15-10-4-7-21(18,19)9-10/h10-11H,1-9H2,(H,15,17)/t10-,11-/m1/s1. The Morgan fingerprint density at radius 1 is 1.24 bits per heavy atom. The highest BCUT2D eigenvalue weighted by atomic mass is 32.2. The lowest BCUT2D eigenvalue weighted by Crippen LogP contribution is -2.48. The third kappa shape index (κ3) is 2.93. The van der Waals surface area contributed by atoms with Crippen LogP contribution in [0.1, 0.15) is 44.9 Å². The summed E-state index contributed by atoms with van der Waals surface area (Å²) < 4.78 is 28.4. The highest BCUT2D eigenvalue weighted by Gasteiger charge is 2.53. The summed E-state index contributed by atoms with van der Waals surface area (Å²) in [5.41, 5.74) is -0.642. The summed E-state index contributed by atoms with van der Waals surface area (Å²) in [7, 11) is -3.02. The van der Waals surface area contributed by atoms with Gasteiger partial charge in [-0.25, -0.2) is 8.42 Å². The van der Waals surface area contributed by atoms with E-state index in [4.69, 9.17) is 4.74 Å². The van der Waals surface area contributed by atoms with Crippen molar-refractivity contribution in [2.45, 2.75) is 56.6 Å². The van der Waals surface area contributed by atoms with E-state index < -0.39 is 21.4 Å². The molecule has 0 bridgehead atoms. The maximum atomic E-state index is 12.5. The van der Waals surface area contributed by atoms with Crippen LogP contribution >= 0.6 is 0 Å². The molecule has 3 fully saturated rings. The van der Waals surface area contributed by atoms with E-state index in [2.05, 4.69) is 5.32 Å². The lowest BCUT2D eigenvalue weighted by Gasteiger charge is -2.36. The number of rotatable bonds is 2. The highest BCUT2D eigenvalue weighted by molar-refractivity contribution is 7.91. The molecular formula is C14H21NO5S. The van der Waals surface area contributed by atoms with Crippen molar-refractivity contribution in [2.24, 2.45) is 5.92 Å². The van der Waals surface area contributed by atoms with Gasteiger partial charge in [0.2, 0.25) is 5.91 Å².